The van der Waals surface area contributed by atoms with Gasteiger partial charge in [0, 0.05) is 36.4 Å². The molecule has 0 amide bonds. The van der Waals surface area contributed by atoms with Gasteiger partial charge in [0.15, 0.2) is 0 Å². The summed E-state index contributed by atoms with van der Waals surface area (Å²) in [6.45, 7) is 8.22. The molecule has 0 saturated carbocycles. The fourth-order valence-corrected chi connectivity index (χ4v) is 3.67. The molecule has 2 unspecified atom stereocenters. The Labute approximate surface area is 137 Å². The molecule has 0 radical (unpaired) electrons. The third kappa shape index (κ3) is 4.70. The van der Waals surface area contributed by atoms with Gasteiger partial charge in [-0.15, -0.1) is 0 Å². The highest BCUT2D eigenvalue weighted by atomic mass is 79.9. The van der Waals surface area contributed by atoms with Crippen molar-refractivity contribution < 1.29 is 4.74 Å². The maximum Gasteiger partial charge on any atom is 0.0511 e. The van der Waals surface area contributed by atoms with Crippen molar-refractivity contribution in [3.8, 4) is 0 Å². The van der Waals surface area contributed by atoms with E-state index >= 15 is 0 Å². The van der Waals surface area contributed by atoms with E-state index in [1.54, 1.807) is 0 Å². The van der Waals surface area contributed by atoms with Crippen LogP contribution in [0.3, 0.4) is 0 Å². The molecule has 0 spiro atoms. The van der Waals surface area contributed by atoms with Crippen molar-refractivity contribution >= 4 is 21.6 Å². The van der Waals surface area contributed by atoms with Gasteiger partial charge in [-0.1, -0.05) is 28.9 Å². The Hall–Kier alpha value is -0.580. The van der Waals surface area contributed by atoms with E-state index in [1.165, 1.54) is 28.6 Å². The molecule has 1 saturated heterocycles. The molecule has 0 aromatic heterocycles. The Morgan fingerprint density at radius 3 is 2.90 bits per heavy atom. The lowest BCUT2D eigenvalue weighted by molar-refractivity contribution is 0.0576. The molecule has 4 heteroatoms. The van der Waals surface area contributed by atoms with Crippen LogP contribution in [0.5, 0.6) is 0 Å². The fraction of sp³-hybridized carbons (Fsp3) is 0.647. The molecule has 1 fully saturated rings. The lowest BCUT2D eigenvalue weighted by Crippen LogP contribution is -2.30. The summed E-state index contributed by atoms with van der Waals surface area (Å²) in [4.78, 5) is 2.34. The first-order valence-corrected chi connectivity index (χ1v) is 8.72. The minimum absolute atomic E-state index is 0.371. The molecule has 1 aromatic carbocycles. The molecule has 1 heterocycles. The normalized spacial score (nSPS) is 20.3. The molecule has 1 aromatic rings. The summed E-state index contributed by atoms with van der Waals surface area (Å²) in [6, 6.07) is 7.04. The molecule has 21 heavy (non-hydrogen) atoms. The van der Waals surface area contributed by atoms with Gasteiger partial charge in [0.2, 0.25) is 0 Å². The minimum Gasteiger partial charge on any atom is -0.381 e. The quantitative estimate of drug-likeness (QED) is 0.835. The number of hydrogen-bond acceptors (Lipinski definition) is 3. The van der Waals surface area contributed by atoms with E-state index in [1.807, 2.05) is 0 Å². The van der Waals surface area contributed by atoms with Crippen LogP contribution >= 0.6 is 15.9 Å². The molecule has 0 aliphatic carbocycles. The standard InChI is InChI=1S/C17H27BrN2O/c1-4-19-13(2)16-8-7-15(10-17(16)18)20(3)11-14-6-5-9-21-12-14/h7-8,10,13-14,19H,4-6,9,11-12H2,1-3H3. The van der Waals surface area contributed by atoms with Gasteiger partial charge in [0.25, 0.3) is 0 Å². The smallest absolute Gasteiger partial charge is 0.0511 e. The Bertz CT molecular complexity index is 446. The molecule has 0 bridgehead atoms. The minimum atomic E-state index is 0.371. The van der Waals surface area contributed by atoms with Gasteiger partial charge in [-0.05, 0) is 49.9 Å². The Kier molecular flexibility index (Phi) is 6.52. The lowest BCUT2D eigenvalue weighted by atomic mass is 10.0. The van der Waals surface area contributed by atoms with Gasteiger partial charge in [0.05, 0.1) is 6.61 Å². The summed E-state index contributed by atoms with van der Waals surface area (Å²) >= 11 is 3.72. The third-order valence-electron chi connectivity index (χ3n) is 4.19. The van der Waals surface area contributed by atoms with E-state index in [0.29, 0.717) is 12.0 Å². The first-order chi connectivity index (χ1) is 10.1. The highest BCUT2D eigenvalue weighted by molar-refractivity contribution is 9.10. The lowest BCUT2D eigenvalue weighted by Gasteiger charge is -2.29. The van der Waals surface area contributed by atoms with Crippen LogP contribution in [-0.2, 0) is 4.74 Å². The first-order valence-electron chi connectivity index (χ1n) is 7.93. The van der Waals surface area contributed by atoms with E-state index < -0.39 is 0 Å². The summed E-state index contributed by atoms with van der Waals surface area (Å²) in [6.07, 6.45) is 2.47. The van der Waals surface area contributed by atoms with Crippen LogP contribution in [0, 0.1) is 5.92 Å². The van der Waals surface area contributed by atoms with Crippen LogP contribution in [0.15, 0.2) is 22.7 Å². The van der Waals surface area contributed by atoms with Crippen LogP contribution in [0.1, 0.15) is 38.3 Å². The molecule has 1 aliphatic rings. The van der Waals surface area contributed by atoms with Gasteiger partial charge in [0.1, 0.15) is 0 Å². The van der Waals surface area contributed by atoms with Crippen molar-refractivity contribution in [2.24, 2.45) is 5.92 Å². The van der Waals surface area contributed by atoms with Gasteiger partial charge in [-0.3, -0.25) is 0 Å². The third-order valence-corrected chi connectivity index (χ3v) is 4.88. The first kappa shape index (κ1) is 16.8. The predicted molar refractivity (Wildman–Crippen MR) is 93.0 cm³/mol. The van der Waals surface area contributed by atoms with E-state index in [0.717, 1.165) is 26.3 Å². The molecule has 2 rings (SSSR count). The molecular formula is C17H27BrN2O. The topological polar surface area (TPSA) is 24.5 Å². The average molecular weight is 355 g/mol. The van der Waals surface area contributed by atoms with Crippen molar-refractivity contribution in [2.45, 2.75) is 32.7 Å². The number of anilines is 1. The van der Waals surface area contributed by atoms with Gasteiger partial charge in [-0.25, -0.2) is 0 Å². The largest absolute Gasteiger partial charge is 0.381 e. The summed E-state index contributed by atoms with van der Waals surface area (Å²) in [5.74, 6) is 0.655. The highest BCUT2D eigenvalue weighted by Gasteiger charge is 2.17. The zero-order valence-electron chi connectivity index (χ0n) is 13.4. The van der Waals surface area contributed by atoms with Crippen molar-refractivity contribution in [3.05, 3.63) is 28.2 Å². The Morgan fingerprint density at radius 2 is 2.29 bits per heavy atom. The Balaban J connectivity index is 2.01. The Morgan fingerprint density at radius 1 is 1.48 bits per heavy atom. The summed E-state index contributed by atoms with van der Waals surface area (Å²) in [5, 5.41) is 3.46. The van der Waals surface area contributed by atoms with Crippen molar-refractivity contribution in [2.75, 3.05) is 38.3 Å². The van der Waals surface area contributed by atoms with Gasteiger partial charge in [-0.2, -0.15) is 0 Å². The molecule has 2 atom stereocenters. The van der Waals surface area contributed by atoms with E-state index in [2.05, 4.69) is 65.2 Å². The van der Waals surface area contributed by atoms with Gasteiger partial charge >= 0.3 is 0 Å². The van der Waals surface area contributed by atoms with Gasteiger partial charge < -0.3 is 15.0 Å². The van der Waals surface area contributed by atoms with Crippen LogP contribution < -0.4 is 10.2 Å². The fourth-order valence-electron chi connectivity index (χ4n) is 2.96. The number of benzene rings is 1. The predicted octanol–water partition coefficient (Wildman–Crippen LogP) is 3.98. The van der Waals surface area contributed by atoms with Crippen LogP contribution in [-0.4, -0.2) is 33.4 Å². The maximum absolute atomic E-state index is 5.58. The van der Waals surface area contributed by atoms with E-state index in [4.69, 9.17) is 4.74 Å². The monoisotopic (exact) mass is 354 g/mol. The number of halogens is 1. The summed E-state index contributed by atoms with van der Waals surface area (Å²) in [5.41, 5.74) is 2.58. The van der Waals surface area contributed by atoms with Crippen molar-refractivity contribution in [3.63, 3.8) is 0 Å². The second-order valence-electron chi connectivity index (χ2n) is 5.95. The molecule has 3 nitrogen and oxygen atoms in total. The van der Waals surface area contributed by atoms with Crippen molar-refractivity contribution in [1.29, 1.82) is 0 Å². The zero-order chi connectivity index (χ0) is 15.2. The van der Waals surface area contributed by atoms with E-state index in [9.17, 15) is 0 Å². The maximum atomic E-state index is 5.58. The number of ether oxygens (including phenoxy) is 1. The van der Waals surface area contributed by atoms with Crippen molar-refractivity contribution in [1.82, 2.24) is 5.32 Å². The highest BCUT2D eigenvalue weighted by Crippen LogP contribution is 2.28. The molecule has 1 N–H and O–H groups in total. The number of nitrogens with zero attached hydrogens (tertiary/aromatic N) is 1. The van der Waals surface area contributed by atoms with Crippen LogP contribution in [0.25, 0.3) is 0 Å². The summed E-state index contributed by atoms with van der Waals surface area (Å²) in [7, 11) is 2.17. The van der Waals surface area contributed by atoms with E-state index in [-0.39, 0.29) is 0 Å². The average Bonchev–Trinajstić information content (AvgIpc) is 2.48. The molecule has 1 aliphatic heterocycles. The van der Waals surface area contributed by atoms with Crippen LogP contribution in [0.2, 0.25) is 0 Å². The molecular weight excluding hydrogens is 328 g/mol. The SMILES string of the molecule is CCNC(C)c1ccc(N(C)CC2CCCOC2)cc1Br. The zero-order valence-corrected chi connectivity index (χ0v) is 14.9. The van der Waals surface area contributed by atoms with Crippen LogP contribution in [0.4, 0.5) is 5.69 Å². The second-order valence-corrected chi connectivity index (χ2v) is 6.80. The summed E-state index contributed by atoms with van der Waals surface area (Å²) < 4.78 is 6.76. The molecule has 118 valence electrons. The number of hydrogen-bond donors (Lipinski definition) is 1. The number of rotatable bonds is 6. The second kappa shape index (κ2) is 8.16. The number of nitrogens with one attached hydrogen (secondary N) is 1.